The molecule has 0 saturated carbocycles. The lowest BCUT2D eigenvalue weighted by Crippen LogP contribution is -2.37. The predicted octanol–water partition coefficient (Wildman–Crippen LogP) is 14.5. The van der Waals surface area contributed by atoms with E-state index >= 15 is 0 Å². The number of carbonyl (C=O) groups is 1. The van der Waals surface area contributed by atoms with Crippen molar-refractivity contribution in [2.45, 2.75) is 219 Å². The number of esters is 1. The minimum Gasteiger partial charge on any atom is -0.756 e. The third-order valence-electron chi connectivity index (χ3n) is 10.6. The number of hydrogen-bond acceptors (Lipinski definition) is 7. The molecule has 0 N–H and O–H groups in total. The van der Waals surface area contributed by atoms with E-state index in [0.29, 0.717) is 24.1 Å². The van der Waals surface area contributed by atoms with Crippen molar-refractivity contribution in [3.63, 3.8) is 0 Å². The zero-order valence-corrected chi connectivity index (χ0v) is 40.8. The van der Waals surface area contributed by atoms with Gasteiger partial charge in [-0.05, 0) is 77.0 Å². The van der Waals surface area contributed by atoms with Crippen molar-refractivity contribution in [3.05, 3.63) is 48.6 Å². The second-order valence-corrected chi connectivity index (χ2v) is 19.2. The second kappa shape index (κ2) is 44.1. The second-order valence-electron chi connectivity index (χ2n) is 17.8. The van der Waals surface area contributed by atoms with Gasteiger partial charge >= 0.3 is 5.97 Å². The Kier molecular flexibility index (Phi) is 43.0. The SMILES string of the molecule is CCCCCCC/C=C\C/C=C\C/C=C\CCCCCCCCCOCC(COP(=O)([O-])OCC[N+](C)(C)C)OC(=O)CCCCCCC/C=C\CCCCCCCCC. The Balaban J connectivity index is 4.19. The van der Waals surface area contributed by atoms with E-state index in [1.54, 1.807) is 0 Å². The van der Waals surface area contributed by atoms with E-state index in [4.69, 9.17) is 18.5 Å². The van der Waals surface area contributed by atoms with Crippen molar-refractivity contribution in [2.24, 2.45) is 0 Å². The standard InChI is InChI=1S/C51H96NO7P/c1-6-8-10-12-14-16-18-20-22-24-25-26-27-28-29-31-33-35-37-39-41-43-46-56-48-50(49-58-60(54,55)57-47-45-52(3,4)5)59-51(53)44-42-40-38-36-34-32-30-23-21-19-17-15-13-11-9-7-2/h18,20,23-25,27-28,30,50H,6-17,19,21-22,26,29,31-49H2,1-5H3/b20-18-,25-24-,28-27-,30-23-. The molecule has 2 unspecified atom stereocenters. The smallest absolute Gasteiger partial charge is 0.306 e. The molecule has 0 saturated heterocycles. The van der Waals surface area contributed by atoms with Crippen LogP contribution in [-0.4, -0.2) is 70.7 Å². The summed E-state index contributed by atoms with van der Waals surface area (Å²) in [6, 6.07) is 0. The number of nitrogens with zero attached hydrogens (tertiary/aromatic N) is 1. The van der Waals surface area contributed by atoms with Gasteiger partial charge in [0, 0.05) is 13.0 Å². The van der Waals surface area contributed by atoms with Crippen LogP contribution in [0.2, 0.25) is 0 Å². The van der Waals surface area contributed by atoms with E-state index in [-0.39, 0.29) is 25.8 Å². The number of likely N-dealkylation sites (N-methyl/N-ethyl adjacent to an activating group) is 1. The van der Waals surface area contributed by atoms with Crippen molar-refractivity contribution >= 4 is 13.8 Å². The highest BCUT2D eigenvalue weighted by molar-refractivity contribution is 7.45. The van der Waals surface area contributed by atoms with Crippen LogP contribution < -0.4 is 4.89 Å². The van der Waals surface area contributed by atoms with E-state index in [9.17, 15) is 14.3 Å². The number of rotatable bonds is 46. The molecule has 9 heteroatoms. The minimum atomic E-state index is -4.53. The molecule has 0 aromatic rings. The van der Waals surface area contributed by atoms with Gasteiger partial charge in [-0.3, -0.25) is 9.36 Å². The van der Waals surface area contributed by atoms with Gasteiger partial charge in [0.05, 0.1) is 34.4 Å². The van der Waals surface area contributed by atoms with Crippen molar-refractivity contribution in [2.75, 3.05) is 54.1 Å². The average Bonchev–Trinajstić information content (AvgIpc) is 3.20. The van der Waals surface area contributed by atoms with E-state index in [1.807, 2.05) is 21.1 Å². The number of allylic oxidation sites excluding steroid dienone is 8. The molecule has 60 heavy (non-hydrogen) atoms. The fourth-order valence-electron chi connectivity index (χ4n) is 6.72. The first kappa shape index (κ1) is 58.5. The van der Waals surface area contributed by atoms with Gasteiger partial charge < -0.3 is 27.9 Å². The van der Waals surface area contributed by atoms with Crippen LogP contribution in [0, 0.1) is 0 Å². The molecule has 0 spiro atoms. The van der Waals surface area contributed by atoms with Crippen LogP contribution in [0.5, 0.6) is 0 Å². The summed E-state index contributed by atoms with van der Waals surface area (Å²) in [4.78, 5) is 25.1. The number of phosphoric acid groups is 1. The van der Waals surface area contributed by atoms with Crippen LogP contribution >= 0.6 is 7.82 Å². The Morgan fingerprint density at radius 1 is 0.517 bits per heavy atom. The van der Waals surface area contributed by atoms with E-state index < -0.39 is 13.9 Å². The molecule has 0 aromatic heterocycles. The average molecular weight is 866 g/mol. The highest BCUT2D eigenvalue weighted by atomic mass is 31.2. The van der Waals surface area contributed by atoms with Crippen LogP contribution in [0.3, 0.4) is 0 Å². The van der Waals surface area contributed by atoms with Gasteiger partial charge in [0.15, 0.2) is 0 Å². The Hall–Kier alpha value is -1.54. The Morgan fingerprint density at radius 3 is 1.38 bits per heavy atom. The number of unbranched alkanes of at least 4 members (excludes halogenated alkanes) is 24. The van der Waals surface area contributed by atoms with Crippen molar-refractivity contribution < 1.29 is 37.3 Å². The number of phosphoric ester groups is 1. The molecule has 0 amide bonds. The molecule has 0 aromatic carbocycles. The minimum absolute atomic E-state index is 0.0213. The third-order valence-corrected chi connectivity index (χ3v) is 11.6. The molecule has 0 fully saturated rings. The first-order chi connectivity index (χ1) is 29.1. The van der Waals surface area contributed by atoms with Crippen LogP contribution in [0.15, 0.2) is 48.6 Å². The summed E-state index contributed by atoms with van der Waals surface area (Å²) in [6.45, 7) is 5.38. The molecule has 0 aliphatic heterocycles. The summed E-state index contributed by atoms with van der Waals surface area (Å²) in [6.07, 6.45) is 54.1. The van der Waals surface area contributed by atoms with Gasteiger partial charge in [-0.1, -0.05) is 178 Å². The maximum atomic E-state index is 12.7. The van der Waals surface area contributed by atoms with E-state index in [2.05, 4.69) is 62.5 Å². The number of hydrogen-bond donors (Lipinski definition) is 0. The third kappa shape index (κ3) is 47.5. The summed E-state index contributed by atoms with van der Waals surface area (Å²) in [5.74, 6) is -0.346. The number of carbonyl (C=O) groups excluding carboxylic acids is 1. The first-order valence-corrected chi connectivity index (χ1v) is 26.3. The molecule has 2 atom stereocenters. The van der Waals surface area contributed by atoms with Gasteiger partial charge in [-0.15, -0.1) is 0 Å². The van der Waals surface area contributed by atoms with Gasteiger partial charge in [-0.25, -0.2) is 0 Å². The molecule has 0 aliphatic rings. The Bertz CT molecular complexity index is 1100. The summed E-state index contributed by atoms with van der Waals surface area (Å²) >= 11 is 0. The van der Waals surface area contributed by atoms with Gasteiger partial charge in [0.2, 0.25) is 0 Å². The van der Waals surface area contributed by atoms with E-state index in [0.717, 1.165) is 64.2 Å². The maximum Gasteiger partial charge on any atom is 0.306 e. The topological polar surface area (TPSA) is 94.1 Å². The number of ether oxygens (including phenoxy) is 2. The molecule has 0 radical (unpaired) electrons. The zero-order valence-electron chi connectivity index (χ0n) is 39.9. The highest BCUT2D eigenvalue weighted by Gasteiger charge is 2.20. The monoisotopic (exact) mass is 866 g/mol. The van der Waals surface area contributed by atoms with Crippen molar-refractivity contribution in [3.8, 4) is 0 Å². The molecule has 0 bridgehead atoms. The lowest BCUT2D eigenvalue weighted by atomic mass is 10.1. The van der Waals surface area contributed by atoms with Crippen molar-refractivity contribution in [1.82, 2.24) is 0 Å². The number of quaternary nitrogens is 1. The fraction of sp³-hybridized carbons (Fsp3) is 0.824. The quantitative estimate of drug-likeness (QED) is 0.0198. The Labute approximate surface area is 371 Å². The molecule has 352 valence electrons. The predicted molar refractivity (Wildman–Crippen MR) is 254 cm³/mol. The van der Waals surface area contributed by atoms with Crippen molar-refractivity contribution in [1.29, 1.82) is 0 Å². The first-order valence-electron chi connectivity index (χ1n) is 24.9. The Morgan fingerprint density at radius 2 is 0.917 bits per heavy atom. The molecule has 8 nitrogen and oxygen atoms in total. The molecule has 0 aliphatic carbocycles. The maximum absolute atomic E-state index is 12.7. The normalized spacial score (nSPS) is 14.0. The molecule has 0 heterocycles. The van der Waals surface area contributed by atoms with Gasteiger partial charge in [0.25, 0.3) is 7.82 Å². The summed E-state index contributed by atoms with van der Waals surface area (Å²) in [5.41, 5.74) is 0. The summed E-state index contributed by atoms with van der Waals surface area (Å²) < 4.78 is 34.7. The van der Waals surface area contributed by atoms with Crippen LogP contribution in [0.4, 0.5) is 0 Å². The molecule has 0 rings (SSSR count). The zero-order chi connectivity index (χ0) is 44.1. The fourth-order valence-corrected chi connectivity index (χ4v) is 7.45. The van der Waals surface area contributed by atoms with Crippen LogP contribution in [-0.2, 0) is 27.9 Å². The molecular weight excluding hydrogens is 770 g/mol. The van der Waals surface area contributed by atoms with Crippen LogP contribution in [0.1, 0.15) is 213 Å². The van der Waals surface area contributed by atoms with Gasteiger partial charge in [-0.2, -0.15) is 0 Å². The summed E-state index contributed by atoms with van der Waals surface area (Å²) in [5, 5.41) is 0. The lowest BCUT2D eigenvalue weighted by Gasteiger charge is -2.28. The molecular formula is C51H96NO7P. The summed E-state index contributed by atoms with van der Waals surface area (Å²) in [7, 11) is 1.34. The van der Waals surface area contributed by atoms with Gasteiger partial charge in [0.1, 0.15) is 19.3 Å². The van der Waals surface area contributed by atoms with Crippen LogP contribution in [0.25, 0.3) is 0 Å². The highest BCUT2D eigenvalue weighted by Crippen LogP contribution is 2.38. The van der Waals surface area contributed by atoms with E-state index in [1.165, 1.54) is 128 Å². The largest absolute Gasteiger partial charge is 0.756 e. The lowest BCUT2D eigenvalue weighted by molar-refractivity contribution is -0.870.